The highest BCUT2D eigenvalue weighted by atomic mass is 79.9. The summed E-state index contributed by atoms with van der Waals surface area (Å²) >= 11 is 3.39. The fraction of sp³-hybridized carbons (Fsp3) is 0.429. The molecular weight excluding hydrogens is 308 g/mol. The highest BCUT2D eigenvalue weighted by molar-refractivity contribution is 9.10. The predicted molar refractivity (Wildman–Crippen MR) is 78.0 cm³/mol. The number of hydrogen-bond acceptors (Lipinski definition) is 3. The van der Waals surface area contributed by atoms with Gasteiger partial charge in [0, 0.05) is 29.9 Å². The van der Waals surface area contributed by atoms with Gasteiger partial charge in [-0.15, -0.1) is 0 Å². The zero-order valence-corrected chi connectivity index (χ0v) is 12.4. The Morgan fingerprint density at radius 1 is 1.47 bits per heavy atom. The van der Waals surface area contributed by atoms with E-state index in [0.29, 0.717) is 31.8 Å². The number of hydrogen-bond donors (Lipinski definition) is 1. The second-order valence-corrected chi connectivity index (χ2v) is 5.73. The molecule has 0 bridgehead atoms. The monoisotopic (exact) mass is 324 g/mol. The number of carbonyl (C=O) groups is 2. The summed E-state index contributed by atoms with van der Waals surface area (Å²) in [6.45, 7) is 3.59. The lowest BCUT2D eigenvalue weighted by molar-refractivity contribution is -0.127. The number of Topliss-reactive ketones (excluding diaryl/α,β-unsaturated/α-hetero) is 1. The number of halogens is 1. The Bertz CT molecular complexity index is 490. The molecular formula is C14H17BrN2O2. The summed E-state index contributed by atoms with van der Waals surface area (Å²) in [6.07, 6.45) is 0.545. The van der Waals surface area contributed by atoms with Gasteiger partial charge >= 0.3 is 0 Å². The summed E-state index contributed by atoms with van der Waals surface area (Å²) in [5.74, 6) is 0.279. The van der Waals surface area contributed by atoms with Gasteiger partial charge in [-0.3, -0.25) is 14.5 Å². The van der Waals surface area contributed by atoms with E-state index >= 15 is 0 Å². The van der Waals surface area contributed by atoms with Gasteiger partial charge in [0.1, 0.15) is 5.78 Å². The van der Waals surface area contributed by atoms with Gasteiger partial charge in [-0.25, -0.2) is 0 Å². The summed E-state index contributed by atoms with van der Waals surface area (Å²) in [7, 11) is 0. The average molecular weight is 325 g/mol. The van der Waals surface area contributed by atoms with Crippen LogP contribution in [0.3, 0.4) is 0 Å². The highest BCUT2D eigenvalue weighted by Gasteiger charge is 2.24. The Labute approximate surface area is 121 Å². The number of carbonyl (C=O) groups excluding carboxylic acids is 2. The van der Waals surface area contributed by atoms with E-state index in [1.807, 2.05) is 36.1 Å². The summed E-state index contributed by atoms with van der Waals surface area (Å²) in [6, 6.07) is 7.52. The molecule has 1 saturated heterocycles. The van der Waals surface area contributed by atoms with Gasteiger partial charge in [0.15, 0.2) is 0 Å². The number of benzene rings is 1. The molecule has 1 aromatic carbocycles. The molecule has 0 saturated carbocycles. The molecule has 1 aromatic rings. The van der Waals surface area contributed by atoms with Crippen LogP contribution in [-0.4, -0.2) is 36.2 Å². The fourth-order valence-corrected chi connectivity index (χ4v) is 2.58. The van der Waals surface area contributed by atoms with Crippen molar-refractivity contribution < 1.29 is 9.59 Å². The normalized spacial score (nSPS) is 20.3. The SMILES string of the molecule is CC1CN(CC(=O)Nc2ccccc2Br)CCC1=O. The van der Waals surface area contributed by atoms with Crippen LogP contribution in [0.4, 0.5) is 5.69 Å². The molecule has 1 unspecified atom stereocenters. The zero-order chi connectivity index (χ0) is 13.8. The quantitative estimate of drug-likeness (QED) is 0.928. The minimum Gasteiger partial charge on any atom is -0.324 e. The predicted octanol–water partition coefficient (Wildman–Crippen LogP) is 2.30. The maximum absolute atomic E-state index is 12.0. The first kappa shape index (κ1) is 14.2. The van der Waals surface area contributed by atoms with Crippen LogP contribution in [0.1, 0.15) is 13.3 Å². The molecule has 0 spiro atoms. The van der Waals surface area contributed by atoms with E-state index in [-0.39, 0.29) is 11.8 Å². The van der Waals surface area contributed by atoms with Crippen molar-refractivity contribution in [1.82, 2.24) is 4.90 Å². The largest absolute Gasteiger partial charge is 0.324 e. The van der Waals surface area contributed by atoms with E-state index in [4.69, 9.17) is 0 Å². The Hall–Kier alpha value is -1.20. The lowest BCUT2D eigenvalue weighted by Gasteiger charge is -2.29. The lowest BCUT2D eigenvalue weighted by Crippen LogP contribution is -2.43. The summed E-state index contributed by atoms with van der Waals surface area (Å²) in [5, 5.41) is 2.87. The molecule has 19 heavy (non-hydrogen) atoms. The van der Waals surface area contributed by atoms with Crippen molar-refractivity contribution in [3.63, 3.8) is 0 Å². The number of rotatable bonds is 3. The molecule has 1 amide bonds. The Kier molecular flexibility index (Phi) is 4.71. The van der Waals surface area contributed by atoms with Crippen LogP contribution < -0.4 is 5.32 Å². The van der Waals surface area contributed by atoms with E-state index < -0.39 is 0 Å². The van der Waals surface area contributed by atoms with Gasteiger partial charge < -0.3 is 5.32 Å². The number of ketones is 1. The molecule has 0 aromatic heterocycles. The molecule has 0 aliphatic carbocycles. The van der Waals surface area contributed by atoms with Crippen molar-refractivity contribution in [3.05, 3.63) is 28.7 Å². The minimum absolute atomic E-state index is 0.0324. The molecule has 1 N–H and O–H groups in total. The van der Waals surface area contributed by atoms with E-state index in [0.717, 1.165) is 10.2 Å². The molecule has 1 atom stereocenters. The standard InChI is InChI=1S/C14H17BrN2O2/c1-10-8-17(7-6-13(10)18)9-14(19)16-12-5-3-2-4-11(12)15/h2-5,10H,6-9H2,1H3,(H,16,19). The van der Waals surface area contributed by atoms with Crippen LogP contribution in [0, 0.1) is 5.92 Å². The van der Waals surface area contributed by atoms with Crippen molar-refractivity contribution in [2.75, 3.05) is 25.0 Å². The second-order valence-electron chi connectivity index (χ2n) is 4.88. The van der Waals surface area contributed by atoms with Crippen molar-refractivity contribution in [3.8, 4) is 0 Å². The van der Waals surface area contributed by atoms with Crippen LogP contribution >= 0.6 is 15.9 Å². The summed E-state index contributed by atoms with van der Waals surface area (Å²) in [5.41, 5.74) is 0.772. The Morgan fingerprint density at radius 2 is 2.21 bits per heavy atom. The number of likely N-dealkylation sites (tertiary alicyclic amines) is 1. The number of anilines is 1. The molecule has 2 rings (SSSR count). The van der Waals surface area contributed by atoms with Gasteiger partial charge in [-0.05, 0) is 28.1 Å². The summed E-state index contributed by atoms with van der Waals surface area (Å²) in [4.78, 5) is 25.4. The van der Waals surface area contributed by atoms with Crippen LogP contribution in [0.5, 0.6) is 0 Å². The molecule has 0 radical (unpaired) electrons. The zero-order valence-electron chi connectivity index (χ0n) is 10.9. The number of para-hydroxylation sites is 1. The van der Waals surface area contributed by atoms with Crippen molar-refractivity contribution in [2.24, 2.45) is 5.92 Å². The fourth-order valence-electron chi connectivity index (χ4n) is 2.19. The van der Waals surface area contributed by atoms with Gasteiger partial charge in [0.2, 0.25) is 5.91 Å². The molecule has 4 nitrogen and oxygen atoms in total. The third kappa shape index (κ3) is 3.88. The van der Waals surface area contributed by atoms with E-state index in [1.54, 1.807) is 0 Å². The number of nitrogens with zero attached hydrogens (tertiary/aromatic N) is 1. The smallest absolute Gasteiger partial charge is 0.238 e. The molecule has 5 heteroatoms. The summed E-state index contributed by atoms with van der Waals surface area (Å²) < 4.78 is 0.866. The van der Waals surface area contributed by atoms with Crippen molar-refractivity contribution in [2.45, 2.75) is 13.3 Å². The topological polar surface area (TPSA) is 49.4 Å². The number of piperidine rings is 1. The van der Waals surface area contributed by atoms with Crippen LogP contribution in [0.15, 0.2) is 28.7 Å². The van der Waals surface area contributed by atoms with E-state index in [9.17, 15) is 9.59 Å². The van der Waals surface area contributed by atoms with Crippen molar-refractivity contribution >= 4 is 33.3 Å². The third-order valence-electron chi connectivity index (χ3n) is 3.27. The Balaban J connectivity index is 1.88. The third-order valence-corrected chi connectivity index (χ3v) is 3.96. The highest BCUT2D eigenvalue weighted by Crippen LogP contribution is 2.21. The van der Waals surface area contributed by atoms with Crippen LogP contribution in [0.25, 0.3) is 0 Å². The molecule has 1 heterocycles. The maximum Gasteiger partial charge on any atom is 0.238 e. The average Bonchev–Trinajstić information content (AvgIpc) is 2.37. The molecule has 1 aliphatic rings. The van der Waals surface area contributed by atoms with Gasteiger partial charge in [0.05, 0.1) is 12.2 Å². The maximum atomic E-state index is 12.0. The number of nitrogens with one attached hydrogen (secondary N) is 1. The first-order chi connectivity index (χ1) is 9.06. The Morgan fingerprint density at radius 3 is 2.89 bits per heavy atom. The first-order valence-corrected chi connectivity index (χ1v) is 7.15. The minimum atomic E-state index is -0.0477. The van der Waals surface area contributed by atoms with Crippen LogP contribution in [0.2, 0.25) is 0 Å². The van der Waals surface area contributed by atoms with E-state index in [2.05, 4.69) is 21.2 Å². The first-order valence-electron chi connectivity index (χ1n) is 6.35. The van der Waals surface area contributed by atoms with Gasteiger partial charge in [0.25, 0.3) is 0 Å². The van der Waals surface area contributed by atoms with Crippen LogP contribution in [-0.2, 0) is 9.59 Å². The van der Waals surface area contributed by atoms with E-state index in [1.165, 1.54) is 0 Å². The van der Waals surface area contributed by atoms with Gasteiger partial charge in [-0.1, -0.05) is 19.1 Å². The molecule has 1 aliphatic heterocycles. The molecule has 1 fully saturated rings. The number of amides is 1. The van der Waals surface area contributed by atoms with Gasteiger partial charge in [-0.2, -0.15) is 0 Å². The molecule has 102 valence electrons. The lowest BCUT2D eigenvalue weighted by atomic mass is 9.99. The second kappa shape index (κ2) is 6.30. The van der Waals surface area contributed by atoms with Crippen molar-refractivity contribution in [1.29, 1.82) is 0 Å².